The summed E-state index contributed by atoms with van der Waals surface area (Å²) in [4.78, 5) is 28.6. The summed E-state index contributed by atoms with van der Waals surface area (Å²) in [6.45, 7) is 6.14. The van der Waals surface area contributed by atoms with Gasteiger partial charge in [0.05, 0.1) is 21.3 Å². The second-order valence-electron chi connectivity index (χ2n) is 8.47. The highest BCUT2D eigenvalue weighted by molar-refractivity contribution is 6.05. The number of methoxy groups -OCH3 is 3. The van der Waals surface area contributed by atoms with Gasteiger partial charge in [-0.1, -0.05) is 12.1 Å². The molecule has 1 saturated heterocycles. The molecule has 12 heteroatoms. The number of nitrogens with zero attached hydrogens (tertiary/aromatic N) is 2. The van der Waals surface area contributed by atoms with Crippen LogP contribution in [0.1, 0.15) is 28.4 Å². The predicted octanol–water partition coefficient (Wildman–Crippen LogP) is 2.03. The van der Waals surface area contributed by atoms with Crippen LogP contribution < -0.4 is 30.6 Å². The first kappa shape index (κ1) is 29.7. The number of carbonyl (C=O) groups excluding carboxylic acids is 2. The van der Waals surface area contributed by atoms with Gasteiger partial charge in [0, 0.05) is 63.0 Å². The van der Waals surface area contributed by atoms with Gasteiger partial charge < -0.3 is 25.3 Å². The van der Waals surface area contributed by atoms with Gasteiger partial charge in [-0.2, -0.15) is 0 Å². The monoisotopic (exact) mass is 534 g/mol. The van der Waals surface area contributed by atoms with Crippen molar-refractivity contribution in [3.8, 4) is 17.2 Å². The van der Waals surface area contributed by atoms with Gasteiger partial charge >= 0.3 is 0 Å². The second-order valence-corrected chi connectivity index (χ2v) is 8.47. The molecular weight excluding hydrogens is 500 g/mol. The summed E-state index contributed by atoms with van der Waals surface area (Å²) in [5, 5.41) is 12.3. The second kappa shape index (κ2) is 13.7. The van der Waals surface area contributed by atoms with Gasteiger partial charge in [-0.25, -0.2) is 0 Å². The summed E-state index contributed by atoms with van der Waals surface area (Å²) >= 11 is 0. The molecule has 0 unspecified atom stereocenters. The lowest BCUT2D eigenvalue weighted by Crippen LogP contribution is -2.45. The predicted molar refractivity (Wildman–Crippen MR) is 144 cm³/mol. The lowest BCUT2D eigenvalue weighted by atomic mass is 10.1. The number of piperazine rings is 1. The van der Waals surface area contributed by atoms with Crippen LogP contribution in [0, 0.1) is 5.41 Å². The van der Waals surface area contributed by atoms with E-state index in [2.05, 4.69) is 20.4 Å². The molecule has 11 nitrogen and oxygen atoms in total. The maximum Gasteiger partial charge on any atom is 0.258 e. The average Bonchev–Trinajstić information content (AvgIpc) is 2.85. The number of halogens is 1. The zero-order valence-electron chi connectivity index (χ0n) is 21.6. The third-order valence-electron chi connectivity index (χ3n) is 5.97. The number of rotatable bonds is 9. The number of nitrogens with two attached hydrogens (primary N) is 1. The third-order valence-corrected chi connectivity index (χ3v) is 5.97. The first-order valence-corrected chi connectivity index (χ1v) is 11.5. The van der Waals surface area contributed by atoms with E-state index in [0.717, 1.165) is 37.3 Å². The van der Waals surface area contributed by atoms with Crippen LogP contribution >= 0.6 is 12.4 Å². The number of hydrogen-bond acceptors (Lipinski definition) is 8. The Morgan fingerprint density at radius 1 is 0.919 bits per heavy atom. The first-order chi connectivity index (χ1) is 17.2. The van der Waals surface area contributed by atoms with Crippen LogP contribution in [0.2, 0.25) is 0 Å². The SMILES string of the molecule is COc1ccc(CN2CCN(Cc3ccc(C(=O)NC(=N)N)cc3NC(C)=O)CC2)c(OC)c1OC.Cl. The van der Waals surface area contributed by atoms with Gasteiger partial charge in [-0.15, -0.1) is 12.4 Å². The topological polar surface area (TPSA) is 142 Å². The molecule has 2 aromatic rings. The van der Waals surface area contributed by atoms with Crippen molar-refractivity contribution in [1.29, 1.82) is 5.41 Å². The van der Waals surface area contributed by atoms with E-state index in [0.29, 0.717) is 41.6 Å². The van der Waals surface area contributed by atoms with E-state index in [1.807, 2.05) is 18.2 Å². The van der Waals surface area contributed by atoms with Crippen LogP contribution in [0.4, 0.5) is 5.69 Å². The lowest BCUT2D eigenvalue weighted by molar-refractivity contribution is -0.114. The minimum atomic E-state index is -0.500. The molecule has 2 aromatic carbocycles. The summed E-state index contributed by atoms with van der Waals surface area (Å²) < 4.78 is 16.5. The van der Waals surface area contributed by atoms with E-state index in [4.69, 9.17) is 25.4 Å². The fraction of sp³-hybridized carbons (Fsp3) is 0.400. The molecule has 0 bridgehead atoms. The summed E-state index contributed by atoms with van der Waals surface area (Å²) in [6.07, 6.45) is 0. The number of nitrogens with one attached hydrogen (secondary N) is 3. The lowest BCUT2D eigenvalue weighted by Gasteiger charge is -2.35. The van der Waals surface area contributed by atoms with Gasteiger partial charge in [-0.3, -0.25) is 30.1 Å². The number of carbonyl (C=O) groups is 2. The molecule has 1 heterocycles. The number of hydrogen-bond donors (Lipinski definition) is 4. The average molecular weight is 535 g/mol. The van der Waals surface area contributed by atoms with Crippen molar-refractivity contribution >= 4 is 35.9 Å². The summed E-state index contributed by atoms with van der Waals surface area (Å²) in [7, 11) is 4.82. The van der Waals surface area contributed by atoms with Crippen molar-refractivity contribution in [3.05, 3.63) is 47.0 Å². The van der Waals surface area contributed by atoms with E-state index < -0.39 is 11.9 Å². The standard InChI is InChI=1S/C25H34N6O5.ClH/c1-16(32)28-20-13-17(24(33)29-25(26)27)5-6-18(20)14-30-9-11-31(12-10-30)15-19-7-8-21(34-2)23(36-4)22(19)35-3;/h5-8,13H,9-12,14-15H2,1-4H3,(H,28,32)(H4,26,27,29,33);1H. The minimum Gasteiger partial charge on any atom is -0.493 e. The molecule has 0 aliphatic carbocycles. The van der Waals surface area contributed by atoms with Crippen LogP contribution in [-0.4, -0.2) is 75.1 Å². The number of ether oxygens (including phenoxy) is 3. The molecule has 3 rings (SSSR count). The van der Waals surface area contributed by atoms with Crippen LogP contribution in [-0.2, 0) is 17.9 Å². The van der Waals surface area contributed by atoms with Crippen molar-refractivity contribution in [2.45, 2.75) is 20.0 Å². The van der Waals surface area contributed by atoms with Crippen molar-refractivity contribution in [1.82, 2.24) is 15.1 Å². The molecule has 0 radical (unpaired) electrons. The van der Waals surface area contributed by atoms with Gasteiger partial charge in [0.1, 0.15) is 0 Å². The highest BCUT2D eigenvalue weighted by Crippen LogP contribution is 2.40. The summed E-state index contributed by atoms with van der Waals surface area (Å²) in [5.74, 6) is 0.723. The van der Waals surface area contributed by atoms with E-state index in [-0.39, 0.29) is 18.3 Å². The van der Waals surface area contributed by atoms with Crippen molar-refractivity contribution < 1.29 is 23.8 Å². The number of amides is 2. The van der Waals surface area contributed by atoms with E-state index in [1.165, 1.54) is 6.92 Å². The van der Waals surface area contributed by atoms with Crippen molar-refractivity contribution in [2.24, 2.45) is 5.73 Å². The zero-order valence-corrected chi connectivity index (χ0v) is 22.4. The van der Waals surface area contributed by atoms with Gasteiger partial charge in [0.15, 0.2) is 17.5 Å². The molecule has 1 aliphatic rings. The number of anilines is 1. The Labute approximate surface area is 223 Å². The summed E-state index contributed by atoms with van der Waals surface area (Å²) in [5.41, 5.74) is 8.06. The van der Waals surface area contributed by atoms with Crippen molar-refractivity contribution in [2.75, 3.05) is 52.8 Å². The molecule has 1 fully saturated rings. The van der Waals surface area contributed by atoms with Crippen LogP contribution in [0.15, 0.2) is 30.3 Å². The highest BCUT2D eigenvalue weighted by atomic mass is 35.5. The molecule has 1 aliphatic heterocycles. The van der Waals surface area contributed by atoms with Crippen LogP contribution in [0.5, 0.6) is 17.2 Å². The molecule has 37 heavy (non-hydrogen) atoms. The maximum absolute atomic E-state index is 12.2. The van der Waals surface area contributed by atoms with Crippen LogP contribution in [0.3, 0.4) is 0 Å². The van der Waals surface area contributed by atoms with E-state index in [1.54, 1.807) is 33.5 Å². The molecule has 0 aromatic heterocycles. The Morgan fingerprint density at radius 2 is 1.49 bits per heavy atom. The minimum absolute atomic E-state index is 0. The Balaban J connectivity index is 0.00000481. The molecule has 2 amide bonds. The fourth-order valence-electron chi connectivity index (χ4n) is 4.23. The molecular formula is C25H35ClN6O5. The molecule has 5 N–H and O–H groups in total. The third kappa shape index (κ3) is 7.72. The van der Waals surface area contributed by atoms with Crippen molar-refractivity contribution in [3.63, 3.8) is 0 Å². The van der Waals surface area contributed by atoms with E-state index in [9.17, 15) is 9.59 Å². The Hall–Kier alpha value is -3.54. The Bertz CT molecular complexity index is 1120. The number of guanidine groups is 1. The van der Waals surface area contributed by atoms with Gasteiger partial charge in [0.25, 0.3) is 5.91 Å². The number of benzene rings is 2. The zero-order chi connectivity index (χ0) is 26.2. The van der Waals surface area contributed by atoms with E-state index >= 15 is 0 Å². The smallest absolute Gasteiger partial charge is 0.258 e. The largest absolute Gasteiger partial charge is 0.493 e. The molecule has 202 valence electrons. The first-order valence-electron chi connectivity index (χ1n) is 11.5. The maximum atomic E-state index is 12.2. The normalized spacial score (nSPS) is 13.7. The Kier molecular flexibility index (Phi) is 11.0. The molecule has 0 saturated carbocycles. The summed E-state index contributed by atoms with van der Waals surface area (Å²) in [6, 6.07) is 8.97. The highest BCUT2D eigenvalue weighted by Gasteiger charge is 2.22. The van der Waals surface area contributed by atoms with Gasteiger partial charge in [0.2, 0.25) is 11.7 Å². The van der Waals surface area contributed by atoms with Crippen LogP contribution in [0.25, 0.3) is 0 Å². The molecule has 0 atom stereocenters. The van der Waals surface area contributed by atoms with Gasteiger partial charge in [-0.05, 0) is 23.8 Å². The quantitative estimate of drug-likeness (QED) is 0.283. The Morgan fingerprint density at radius 3 is 2.00 bits per heavy atom. The fourth-order valence-corrected chi connectivity index (χ4v) is 4.23. The molecule has 0 spiro atoms.